The van der Waals surface area contributed by atoms with Gasteiger partial charge in [0.05, 0.1) is 11.7 Å². The van der Waals surface area contributed by atoms with Gasteiger partial charge in [0, 0.05) is 22.7 Å². The summed E-state index contributed by atoms with van der Waals surface area (Å²) in [5.74, 6) is 1.74. The Hall–Kier alpha value is -3.88. The number of amides is 1. The third-order valence-corrected chi connectivity index (χ3v) is 4.71. The van der Waals surface area contributed by atoms with Gasteiger partial charge in [0.15, 0.2) is 12.4 Å². The van der Waals surface area contributed by atoms with Gasteiger partial charge in [0.2, 0.25) is 5.95 Å². The molecule has 9 nitrogen and oxygen atoms in total. The summed E-state index contributed by atoms with van der Waals surface area (Å²) in [5.41, 5.74) is 3.74. The molecule has 0 bridgehead atoms. The third-order valence-electron chi connectivity index (χ3n) is 4.71. The van der Waals surface area contributed by atoms with Crippen molar-refractivity contribution >= 4 is 28.4 Å². The van der Waals surface area contributed by atoms with E-state index in [0.29, 0.717) is 17.5 Å². The first-order chi connectivity index (χ1) is 15.0. The number of nitrogens with one attached hydrogen (secondary N) is 4. The van der Waals surface area contributed by atoms with Gasteiger partial charge < -0.3 is 20.4 Å². The number of aromatic amines is 2. The SMILES string of the molecule is CCc1cc(-c2nnc(Nc3ccc4[nH]ncc4c3)[nH]2)ccc1OCC(=O)NC(C)C. The number of benzene rings is 2. The van der Waals surface area contributed by atoms with Gasteiger partial charge in [0.25, 0.3) is 5.91 Å². The van der Waals surface area contributed by atoms with Gasteiger partial charge in [-0.2, -0.15) is 5.10 Å². The fourth-order valence-electron chi connectivity index (χ4n) is 3.26. The molecular weight excluding hydrogens is 394 g/mol. The van der Waals surface area contributed by atoms with Crippen molar-refractivity contribution in [1.82, 2.24) is 30.7 Å². The summed E-state index contributed by atoms with van der Waals surface area (Å²) in [4.78, 5) is 15.1. The zero-order valence-corrected chi connectivity index (χ0v) is 17.7. The summed E-state index contributed by atoms with van der Waals surface area (Å²) < 4.78 is 5.72. The first kappa shape index (κ1) is 20.4. The number of fused-ring (bicyclic) bond motifs is 1. The molecule has 2 aromatic carbocycles. The fraction of sp³-hybridized carbons (Fsp3) is 0.273. The number of anilines is 2. The summed E-state index contributed by atoms with van der Waals surface area (Å²) in [6.07, 6.45) is 2.54. The lowest BCUT2D eigenvalue weighted by atomic mass is 10.1. The average molecular weight is 419 g/mol. The Balaban J connectivity index is 1.46. The number of aromatic nitrogens is 5. The minimum atomic E-state index is -0.138. The van der Waals surface area contributed by atoms with E-state index in [1.807, 2.05) is 57.2 Å². The highest BCUT2D eigenvalue weighted by molar-refractivity contribution is 5.82. The number of nitrogens with zero attached hydrogens (tertiary/aromatic N) is 3. The van der Waals surface area contributed by atoms with Crippen molar-refractivity contribution < 1.29 is 9.53 Å². The number of ether oxygens (including phenoxy) is 1. The van der Waals surface area contributed by atoms with Crippen LogP contribution in [0.25, 0.3) is 22.3 Å². The van der Waals surface area contributed by atoms with Crippen LogP contribution < -0.4 is 15.4 Å². The van der Waals surface area contributed by atoms with E-state index < -0.39 is 0 Å². The Morgan fingerprint density at radius 3 is 2.84 bits per heavy atom. The molecule has 2 aromatic heterocycles. The summed E-state index contributed by atoms with van der Waals surface area (Å²) in [6, 6.07) is 11.7. The Kier molecular flexibility index (Phi) is 5.83. The summed E-state index contributed by atoms with van der Waals surface area (Å²) in [7, 11) is 0. The monoisotopic (exact) mass is 419 g/mol. The van der Waals surface area contributed by atoms with E-state index in [4.69, 9.17) is 4.74 Å². The van der Waals surface area contributed by atoms with Crippen molar-refractivity contribution in [1.29, 1.82) is 0 Å². The molecule has 0 saturated heterocycles. The van der Waals surface area contributed by atoms with E-state index in [2.05, 4.69) is 36.0 Å². The average Bonchev–Trinajstić information content (AvgIpc) is 3.41. The molecule has 0 aliphatic heterocycles. The molecule has 1 amide bonds. The van der Waals surface area contributed by atoms with E-state index in [0.717, 1.165) is 34.1 Å². The van der Waals surface area contributed by atoms with E-state index >= 15 is 0 Å². The van der Waals surface area contributed by atoms with Gasteiger partial charge in [-0.05, 0) is 62.2 Å². The molecule has 0 atom stereocenters. The normalized spacial score (nSPS) is 11.1. The zero-order valence-electron chi connectivity index (χ0n) is 17.7. The topological polar surface area (TPSA) is 121 Å². The first-order valence-electron chi connectivity index (χ1n) is 10.2. The van der Waals surface area contributed by atoms with E-state index in [1.165, 1.54) is 0 Å². The maximum absolute atomic E-state index is 11.9. The van der Waals surface area contributed by atoms with Crippen LogP contribution in [0.1, 0.15) is 26.3 Å². The summed E-state index contributed by atoms with van der Waals surface area (Å²) in [6.45, 7) is 5.86. The van der Waals surface area contributed by atoms with Gasteiger partial charge in [-0.25, -0.2) is 0 Å². The Morgan fingerprint density at radius 1 is 1.16 bits per heavy atom. The number of hydrogen-bond acceptors (Lipinski definition) is 6. The maximum Gasteiger partial charge on any atom is 0.258 e. The molecule has 0 aliphatic carbocycles. The zero-order chi connectivity index (χ0) is 21.8. The molecule has 4 rings (SSSR count). The highest BCUT2D eigenvalue weighted by Gasteiger charge is 2.11. The highest BCUT2D eigenvalue weighted by Crippen LogP contribution is 2.26. The van der Waals surface area contributed by atoms with Crippen molar-refractivity contribution in [2.45, 2.75) is 33.2 Å². The second-order valence-corrected chi connectivity index (χ2v) is 7.51. The van der Waals surface area contributed by atoms with Crippen molar-refractivity contribution in [3.8, 4) is 17.1 Å². The largest absolute Gasteiger partial charge is 0.483 e. The predicted molar refractivity (Wildman–Crippen MR) is 119 cm³/mol. The number of H-pyrrole nitrogens is 2. The van der Waals surface area contributed by atoms with Crippen LogP contribution in [-0.2, 0) is 11.2 Å². The van der Waals surface area contributed by atoms with Crippen LogP contribution in [0.15, 0.2) is 42.6 Å². The number of carbonyl (C=O) groups excluding carboxylic acids is 1. The molecule has 2 heterocycles. The molecule has 0 fully saturated rings. The van der Waals surface area contributed by atoms with E-state index in [9.17, 15) is 4.79 Å². The van der Waals surface area contributed by atoms with Crippen molar-refractivity contribution in [2.24, 2.45) is 0 Å². The number of hydrogen-bond donors (Lipinski definition) is 4. The van der Waals surface area contributed by atoms with Crippen LogP contribution in [0.2, 0.25) is 0 Å². The molecule has 4 aromatic rings. The number of rotatable bonds is 8. The molecule has 0 unspecified atom stereocenters. The second-order valence-electron chi connectivity index (χ2n) is 7.51. The lowest BCUT2D eigenvalue weighted by molar-refractivity contribution is -0.123. The minimum Gasteiger partial charge on any atom is -0.483 e. The van der Waals surface area contributed by atoms with Gasteiger partial charge in [0.1, 0.15) is 5.75 Å². The van der Waals surface area contributed by atoms with Crippen LogP contribution in [0, 0.1) is 0 Å². The standard InChI is InChI=1S/C22H25N7O2/c1-4-14-9-15(5-8-19(14)31-12-20(30)24-13(2)3)21-26-22(29-28-21)25-17-6-7-18-16(10-17)11-23-27-18/h5-11,13H,4,12H2,1-3H3,(H,23,27)(H,24,30)(H2,25,26,28,29). The van der Waals surface area contributed by atoms with Crippen molar-refractivity contribution in [3.63, 3.8) is 0 Å². The van der Waals surface area contributed by atoms with Gasteiger partial charge in [-0.3, -0.25) is 9.89 Å². The van der Waals surface area contributed by atoms with Crippen molar-refractivity contribution in [2.75, 3.05) is 11.9 Å². The summed E-state index contributed by atoms with van der Waals surface area (Å²) in [5, 5.41) is 22.5. The third kappa shape index (κ3) is 4.82. The van der Waals surface area contributed by atoms with Crippen LogP contribution in [0.5, 0.6) is 5.75 Å². The van der Waals surface area contributed by atoms with Crippen LogP contribution in [0.3, 0.4) is 0 Å². The fourth-order valence-corrected chi connectivity index (χ4v) is 3.26. The smallest absolute Gasteiger partial charge is 0.258 e. The Bertz CT molecular complexity index is 1200. The predicted octanol–water partition coefficient (Wildman–Crippen LogP) is 3.56. The van der Waals surface area contributed by atoms with Crippen LogP contribution >= 0.6 is 0 Å². The van der Waals surface area contributed by atoms with Crippen molar-refractivity contribution in [3.05, 3.63) is 48.2 Å². The quantitative estimate of drug-likeness (QED) is 0.347. The van der Waals surface area contributed by atoms with Gasteiger partial charge in [-0.1, -0.05) is 6.92 Å². The van der Waals surface area contributed by atoms with Crippen LogP contribution in [0.4, 0.5) is 11.6 Å². The Labute approximate surface area is 179 Å². The molecular formula is C22H25N7O2. The molecule has 160 valence electrons. The molecule has 4 N–H and O–H groups in total. The van der Waals surface area contributed by atoms with Gasteiger partial charge in [-0.15, -0.1) is 10.2 Å². The molecule has 0 spiro atoms. The highest BCUT2D eigenvalue weighted by atomic mass is 16.5. The van der Waals surface area contributed by atoms with E-state index in [1.54, 1.807) is 6.20 Å². The molecule has 0 radical (unpaired) electrons. The second kappa shape index (κ2) is 8.86. The van der Waals surface area contributed by atoms with E-state index in [-0.39, 0.29) is 18.6 Å². The lowest BCUT2D eigenvalue weighted by Crippen LogP contribution is -2.34. The molecule has 0 aliphatic rings. The Morgan fingerprint density at radius 2 is 2.03 bits per heavy atom. The number of aryl methyl sites for hydroxylation is 1. The first-order valence-corrected chi connectivity index (χ1v) is 10.2. The number of carbonyl (C=O) groups is 1. The molecule has 0 saturated carbocycles. The maximum atomic E-state index is 11.9. The summed E-state index contributed by atoms with van der Waals surface area (Å²) >= 11 is 0. The molecule has 31 heavy (non-hydrogen) atoms. The minimum absolute atomic E-state index is 0.0120. The molecule has 9 heteroatoms. The van der Waals surface area contributed by atoms with Crippen LogP contribution in [-0.4, -0.2) is 43.9 Å². The lowest BCUT2D eigenvalue weighted by Gasteiger charge is -2.13. The van der Waals surface area contributed by atoms with Gasteiger partial charge >= 0.3 is 0 Å².